The normalized spacial score (nSPS) is 9.06. The lowest BCUT2D eigenvalue weighted by Crippen LogP contribution is -2.11. The molecule has 0 saturated carbocycles. The molecule has 0 fully saturated rings. The molecule has 0 aliphatic rings. The van der Waals surface area contributed by atoms with E-state index in [0.29, 0.717) is 6.61 Å². The average molecular weight is 217 g/mol. The van der Waals surface area contributed by atoms with Crippen LogP contribution in [0, 0.1) is 0 Å². The summed E-state index contributed by atoms with van der Waals surface area (Å²) < 4.78 is 4.18. The van der Waals surface area contributed by atoms with Crippen LogP contribution in [0.1, 0.15) is 6.92 Å². The SMILES string of the molecule is CCOC(N)=O.c1ccc2ccccc2c1. The minimum absolute atomic E-state index is 0.356. The molecule has 0 aromatic heterocycles. The topological polar surface area (TPSA) is 52.3 Å². The van der Waals surface area contributed by atoms with Crippen molar-refractivity contribution in [2.24, 2.45) is 5.73 Å². The number of fused-ring (bicyclic) bond motifs is 1. The summed E-state index contributed by atoms with van der Waals surface area (Å²) in [4.78, 5) is 9.60. The molecule has 0 atom stereocenters. The lowest BCUT2D eigenvalue weighted by atomic mass is 10.1. The monoisotopic (exact) mass is 217 g/mol. The molecule has 3 nitrogen and oxygen atoms in total. The number of carbonyl (C=O) groups excluding carboxylic acids is 1. The number of primary amides is 1. The highest BCUT2D eigenvalue weighted by atomic mass is 16.5. The zero-order valence-corrected chi connectivity index (χ0v) is 9.22. The maximum Gasteiger partial charge on any atom is 0.404 e. The van der Waals surface area contributed by atoms with Crippen molar-refractivity contribution in [2.75, 3.05) is 6.61 Å². The van der Waals surface area contributed by atoms with E-state index in [1.54, 1.807) is 6.92 Å². The number of amides is 1. The van der Waals surface area contributed by atoms with Crippen molar-refractivity contribution in [1.29, 1.82) is 0 Å². The van der Waals surface area contributed by atoms with Crippen LogP contribution in [-0.4, -0.2) is 12.7 Å². The van der Waals surface area contributed by atoms with Crippen LogP contribution in [0.5, 0.6) is 0 Å². The third-order valence-corrected chi connectivity index (χ3v) is 1.95. The first kappa shape index (κ1) is 12.0. The Morgan fingerprint density at radius 2 is 1.44 bits per heavy atom. The van der Waals surface area contributed by atoms with E-state index in [0.717, 1.165) is 0 Å². The molecule has 84 valence electrons. The second kappa shape index (κ2) is 6.45. The van der Waals surface area contributed by atoms with Crippen molar-refractivity contribution in [2.45, 2.75) is 6.92 Å². The van der Waals surface area contributed by atoms with E-state index in [1.165, 1.54) is 10.8 Å². The predicted molar refractivity (Wildman–Crippen MR) is 65.2 cm³/mol. The van der Waals surface area contributed by atoms with Gasteiger partial charge in [0.15, 0.2) is 0 Å². The molecule has 2 N–H and O–H groups in total. The summed E-state index contributed by atoms with van der Waals surface area (Å²) in [6.07, 6.45) is -0.711. The number of hydrogen-bond donors (Lipinski definition) is 1. The lowest BCUT2D eigenvalue weighted by molar-refractivity contribution is 0.163. The van der Waals surface area contributed by atoms with E-state index in [-0.39, 0.29) is 0 Å². The van der Waals surface area contributed by atoms with Crippen molar-refractivity contribution in [1.82, 2.24) is 0 Å². The molecule has 0 radical (unpaired) electrons. The van der Waals surface area contributed by atoms with Crippen LogP contribution in [0.25, 0.3) is 10.8 Å². The quantitative estimate of drug-likeness (QED) is 0.798. The third-order valence-electron chi connectivity index (χ3n) is 1.95. The molecule has 0 saturated heterocycles. The zero-order valence-electron chi connectivity index (χ0n) is 9.22. The fraction of sp³-hybridized carbons (Fsp3) is 0.154. The summed E-state index contributed by atoms with van der Waals surface area (Å²) in [7, 11) is 0. The fourth-order valence-electron chi connectivity index (χ4n) is 1.28. The Labute approximate surface area is 94.8 Å². The van der Waals surface area contributed by atoms with Crippen LogP contribution >= 0.6 is 0 Å². The first-order chi connectivity index (χ1) is 7.74. The highest BCUT2D eigenvalue weighted by Gasteiger charge is 1.85. The van der Waals surface area contributed by atoms with Crippen LogP contribution in [0.3, 0.4) is 0 Å². The minimum Gasteiger partial charge on any atom is -0.450 e. The Bertz CT molecular complexity index is 389. The molecular weight excluding hydrogens is 202 g/mol. The van der Waals surface area contributed by atoms with Gasteiger partial charge in [-0.1, -0.05) is 48.5 Å². The van der Waals surface area contributed by atoms with Gasteiger partial charge in [-0.3, -0.25) is 0 Å². The Balaban J connectivity index is 0.000000187. The number of ether oxygens (including phenoxy) is 1. The van der Waals surface area contributed by atoms with Gasteiger partial charge in [0.05, 0.1) is 6.61 Å². The molecule has 0 spiro atoms. The fourth-order valence-corrected chi connectivity index (χ4v) is 1.28. The summed E-state index contributed by atoms with van der Waals surface area (Å²) in [5, 5.41) is 2.62. The van der Waals surface area contributed by atoms with Crippen LogP contribution < -0.4 is 5.73 Å². The maximum absolute atomic E-state index is 9.60. The molecule has 1 amide bonds. The molecule has 0 bridgehead atoms. The standard InChI is InChI=1S/C10H8.C3H7NO2/c1-2-6-10-8-4-3-7-9(10)5-1;1-2-6-3(4)5/h1-8H;2H2,1H3,(H2,4,5). The zero-order chi connectivity index (χ0) is 11.8. The molecule has 2 aromatic rings. The van der Waals surface area contributed by atoms with Crippen LogP contribution in [0.15, 0.2) is 48.5 Å². The second-order valence-corrected chi connectivity index (χ2v) is 3.10. The van der Waals surface area contributed by atoms with E-state index in [2.05, 4.69) is 59.0 Å². The van der Waals surface area contributed by atoms with Gasteiger partial charge in [-0.25, -0.2) is 4.79 Å². The van der Waals surface area contributed by atoms with Crippen molar-refractivity contribution in [3.8, 4) is 0 Å². The van der Waals surface area contributed by atoms with Crippen LogP contribution in [0.2, 0.25) is 0 Å². The first-order valence-corrected chi connectivity index (χ1v) is 5.10. The van der Waals surface area contributed by atoms with Crippen molar-refractivity contribution in [3.05, 3.63) is 48.5 Å². The van der Waals surface area contributed by atoms with Crippen molar-refractivity contribution < 1.29 is 9.53 Å². The lowest BCUT2D eigenvalue weighted by Gasteiger charge is -1.92. The van der Waals surface area contributed by atoms with Crippen molar-refractivity contribution in [3.63, 3.8) is 0 Å². The van der Waals surface area contributed by atoms with Crippen LogP contribution in [0.4, 0.5) is 4.79 Å². The molecule has 2 rings (SSSR count). The van der Waals surface area contributed by atoms with E-state index >= 15 is 0 Å². The Morgan fingerprint density at radius 3 is 1.62 bits per heavy atom. The Hall–Kier alpha value is -2.03. The van der Waals surface area contributed by atoms with Gasteiger partial charge in [0.2, 0.25) is 0 Å². The van der Waals surface area contributed by atoms with Gasteiger partial charge in [0.25, 0.3) is 0 Å². The van der Waals surface area contributed by atoms with E-state index in [1.807, 2.05) is 0 Å². The second-order valence-electron chi connectivity index (χ2n) is 3.10. The van der Waals surface area contributed by atoms with E-state index in [4.69, 9.17) is 0 Å². The van der Waals surface area contributed by atoms with Gasteiger partial charge in [0, 0.05) is 0 Å². The van der Waals surface area contributed by atoms with Gasteiger partial charge in [-0.2, -0.15) is 0 Å². The Kier molecular flexibility index (Phi) is 4.86. The number of hydrogen-bond acceptors (Lipinski definition) is 2. The first-order valence-electron chi connectivity index (χ1n) is 5.10. The number of rotatable bonds is 1. The highest BCUT2D eigenvalue weighted by Crippen LogP contribution is 2.11. The van der Waals surface area contributed by atoms with E-state index in [9.17, 15) is 4.79 Å². The Morgan fingerprint density at radius 1 is 1.06 bits per heavy atom. The van der Waals surface area contributed by atoms with Gasteiger partial charge < -0.3 is 10.5 Å². The molecule has 0 aliphatic heterocycles. The molecule has 0 unspecified atom stereocenters. The molecule has 0 heterocycles. The van der Waals surface area contributed by atoms with E-state index < -0.39 is 6.09 Å². The maximum atomic E-state index is 9.60. The van der Waals surface area contributed by atoms with Crippen LogP contribution in [-0.2, 0) is 4.74 Å². The van der Waals surface area contributed by atoms with Gasteiger partial charge in [-0.05, 0) is 17.7 Å². The summed E-state index contributed by atoms with van der Waals surface area (Å²) in [5.74, 6) is 0. The average Bonchev–Trinajstić information content (AvgIpc) is 2.30. The number of nitrogens with two attached hydrogens (primary N) is 1. The summed E-state index contributed by atoms with van der Waals surface area (Å²) in [6, 6.07) is 16.7. The highest BCUT2D eigenvalue weighted by molar-refractivity contribution is 5.81. The predicted octanol–water partition coefficient (Wildman–Crippen LogP) is 2.94. The summed E-state index contributed by atoms with van der Waals surface area (Å²) in [6.45, 7) is 2.06. The molecule has 0 aliphatic carbocycles. The summed E-state index contributed by atoms with van der Waals surface area (Å²) in [5.41, 5.74) is 4.54. The number of carbonyl (C=O) groups is 1. The van der Waals surface area contributed by atoms with Gasteiger partial charge >= 0.3 is 6.09 Å². The minimum atomic E-state index is -0.711. The van der Waals surface area contributed by atoms with Crippen molar-refractivity contribution >= 4 is 16.9 Å². The van der Waals surface area contributed by atoms with Gasteiger partial charge in [0.1, 0.15) is 0 Å². The largest absolute Gasteiger partial charge is 0.450 e. The molecule has 3 heteroatoms. The third kappa shape index (κ3) is 4.00. The molecular formula is C13H15NO2. The van der Waals surface area contributed by atoms with Gasteiger partial charge in [-0.15, -0.1) is 0 Å². The molecule has 16 heavy (non-hydrogen) atoms. The summed E-state index contributed by atoms with van der Waals surface area (Å²) >= 11 is 0. The number of benzene rings is 2. The smallest absolute Gasteiger partial charge is 0.404 e. The molecule has 2 aromatic carbocycles.